The molecule has 4 N–H and O–H groups in total. The number of ether oxygens (including phenoxy) is 1. The number of methoxy groups -OCH3 is 1. The third-order valence-electron chi connectivity index (χ3n) is 2.34. The van der Waals surface area contributed by atoms with Crippen molar-refractivity contribution in [3.63, 3.8) is 0 Å². The van der Waals surface area contributed by atoms with Gasteiger partial charge in [0.1, 0.15) is 12.1 Å². The number of nitrogens with two attached hydrogens (primary N) is 1. The average Bonchev–Trinajstić information content (AvgIpc) is 2.23. The van der Waals surface area contributed by atoms with Crippen molar-refractivity contribution < 1.29 is 14.3 Å². The van der Waals surface area contributed by atoms with Gasteiger partial charge >= 0.3 is 0 Å². The van der Waals surface area contributed by atoms with Gasteiger partial charge in [0, 0.05) is 14.2 Å². The molecule has 0 saturated heterocycles. The molecule has 2 atom stereocenters. The van der Waals surface area contributed by atoms with Gasteiger partial charge in [0.25, 0.3) is 0 Å². The minimum atomic E-state index is -0.769. The summed E-state index contributed by atoms with van der Waals surface area (Å²) in [6, 6.07) is -1.39. The molecule has 6 nitrogen and oxygen atoms in total. The second-order valence-corrected chi connectivity index (χ2v) is 4.98. The first-order valence-corrected chi connectivity index (χ1v) is 5.50. The number of hydrogen-bond donors (Lipinski definition) is 3. The summed E-state index contributed by atoms with van der Waals surface area (Å²) in [6.45, 7) is 5.73. The third-order valence-corrected chi connectivity index (χ3v) is 2.34. The van der Waals surface area contributed by atoms with Crippen LogP contribution in [-0.2, 0) is 14.3 Å². The quantitative estimate of drug-likeness (QED) is 0.593. The molecule has 0 spiro atoms. The molecule has 0 aromatic rings. The van der Waals surface area contributed by atoms with Crippen LogP contribution in [-0.4, -0.2) is 44.7 Å². The molecule has 6 heteroatoms. The van der Waals surface area contributed by atoms with Crippen LogP contribution < -0.4 is 16.4 Å². The van der Waals surface area contributed by atoms with E-state index in [9.17, 15) is 9.59 Å². The van der Waals surface area contributed by atoms with Crippen LogP contribution in [0.25, 0.3) is 0 Å². The van der Waals surface area contributed by atoms with Gasteiger partial charge in [-0.2, -0.15) is 0 Å². The van der Waals surface area contributed by atoms with Gasteiger partial charge in [0.2, 0.25) is 11.8 Å². The molecule has 0 aliphatic carbocycles. The van der Waals surface area contributed by atoms with Crippen molar-refractivity contribution in [1.82, 2.24) is 10.6 Å². The minimum Gasteiger partial charge on any atom is -0.383 e. The van der Waals surface area contributed by atoms with Crippen LogP contribution in [0.4, 0.5) is 0 Å². The zero-order valence-corrected chi connectivity index (χ0v) is 11.2. The highest BCUT2D eigenvalue weighted by Gasteiger charge is 2.33. The van der Waals surface area contributed by atoms with Gasteiger partial charge in [0.05, 0.1) is 6.61 Å². The highest BCUT2D eigenvalue weighted by Crippen LogP contribution is 2.19. The number of amides is 2. The van der Waals surface area contributed by atoms with E-state index in [-0.39, 0.29) is 17.9 Å². The molecular formula is C11H23N3O3. The zero-order chi connectivity index (χ0) is 13.6. The van der Waals surface area contributed by atoms with Crippen molar-refractivity contribution in [2.45, 2.75) is 32.9 Å². The van der Waals surface area contributed by atoms with Gasteiger partial charge in [0.15, 0.2) is 0 Å². The lowest BCUT2D eigenvalue weighted by atomic mass is 9.86. The second kappa shape index (κ2) is 6.56. The van der Waals surface area contributed by atoms with Crippen LogP contribution in [0.3, 0.4) is 0 Å². The van der Waals surface area contributed by atoms with E-state index in [1.54, 1.807) is 0 Å². The van der Waals surface area contributed by atoms with Gasteiger partial charge in [-0.05, 0) is 5.41 Å². The fraction of sp³-hybridized carbons (Fsp3) is 0.818. The van der Waals surface area contributed by atoms with Crippen molar-refractivity contribution in [1.29, 1.82) is 0 Å². The molecule has 100 valence electrons. The van der Waals surface area contributed by atoms with Crippen molar-refractivity contribution in [3.05, 3.63) is 0 Å². The second-order valence-electron chi connectivity index (χ2n) is 4.98. The molecule has 0 saturated carbocycles. The van der Waals surface area contributed by atoms with E-state index >= 15 is 0 Å². The molecule has 0 aromatic carbocycles. The Kier molecular flexibility index (Phi) is 6.12. The summed E-state index contributed by atoms with van der Waals surface area (Å²) < 4.78 is 4.79. The number of nitrogens with one attached hydrogen (secondary N) is 2. The Hall–Kier alpha value is -1.14. The number of carbonyl (C=O) groups is 2. The smallest absolute Gasteiger partial charge is 0.242 e. The van der Waals surface area contributed by atoms with Crippen molar-refractivity contribution in [2.24, 2.45) is 11.1 Å². The van der Waals surface area contributed by atoms with E-state index in [0.717, 1.165) is 0 Å². The van der Waals surface area contributed by atoms with Gasteiger partial charge in [-0.25, -0.2) is 0 Å². The SMILES string of the molecule is CNC(=O)[C@@H](NC(=O)[C@@H](N)COC)C(C)(C)C. The lowest BCUT2D eigenvalue weighted by Crippen LogP contribution is -2.57. The van der Waals surface area contributed by atoms with Crippen LogP contribution in [0.15, 0.2) is 0 Å². The molecule has 17 heavy (non-hydrogen) atoms. The molecule has 0 aliphatic rings. The van der Waals surface area contributed by atoms with Gasteiger partial charge in [-0.15, -0.1) is 0 Å². The fourth-order valence-electron chi connectivity index (χ4n) is 1.32. The molecule has 0 aliphatic heterocycles. The Labute approximate surface area is 102 Å². The summed E-state index contributed by atoms with van der Waals surface area (Å²) in [7, 11) is 3.00. The molecule has 0 aromatic heterocycles. The van der Waals surface area contributed by atoms with E-state index in [2.05, 4.69) is 10.6 Å². The molecule has 0 rings (SSSR count). The van der Waals surface area contributed by atoms with Crippen LogP contribution >= 0.6 is 0 Å². The largest absolute Gasteiger partial charge is 0.383 e. The van der Waals surface area contributed by atoms with Crippen LogP contribution in [0.5, 0.6) is 0 Å². The molecule has 0 bridgehead atoms. The Morgan fingerprint density at radius 3 is 2.18 bits per heavy atom. The summed E-state index contributed by atoms with van der Waals surface area (Å²) in [5, 5.41) is 5.16. The molecular weight excluding hydrogens is 222 g/mol. The number of likely N-dealkylation sites (N-methyl/N-ethyl adjacent to an activating group) is 1. The van der Waals surface area contributed by atoms with E-state index in [4.69, 9.17) is 10.5 Å². The Morgan fingerprint density at radius 2 is 1.82 bits per heavy atom. The van der Waals surface area contributed by atoms with Crippen molar-refractivity contribution in [3.8, 4) is 0 Å². The lowest BCUT2D eigenvalue weighted by molar-refractivity contribution is -0.132. The summed E-state index contributed by atoms with van der Waals surface area (Å²) in [4.78, 5) is 23.4. The lowest BCUT2D eigenvalue weighted by Gasteiger charge is -2.30. The van der Waals surface area contributed by atoms with Gasteiger partial charge in [-0.1, -0.05) is 20.8 Å². The predicted molar refractivity (Wildman–Crippen MR) is 65.3 cm³/mol. The van der Waals surface area contributed by atoms with E-state index in [1.165, 1.54) is 14.2 Å². The van der Waals surface area contributed by atoms with Crippen molar-refractivity contribution in [2.75, 3.05) is 20.8 Å². The van der Waals surface area contributed by atoms with Crippen molar-refractivity contribution >= 4 is 11.8 Å². The monoisotopic (exact) mass is 245 g/mol. The Morgan fingerprint density at radius 1 is 1.29 bits per heavy atom. The summed E-state index contributed by atoms with van der Waals surface area (Å²) in [5.41, 5.74) is 5.21. The normalized spacial score (nSPS) is 14.9. The highest BCUT2D eigenvalue weighted by molar-refractivity contribution is 5.90. The first-order valence-electron chi connectivity index (χ1n) is 5.50. The highest BCUT2D eigenvalue weighted by atomic mass is 16.5. The maximum absolute atomic E-state index is 11.7. The summed E-state index contributed by atoms with van der Waals surface area (Å²) in [5.74, 6) is -0.633. The summed E-state index contributed by atoms with van der Waals surface area (Å²) in [6.07, 6.45) is 0. The topological polar surface area (TPSA) is 93.5 Å². The predicted octanol–water partition coefficient (Wildman–Crippen LogP) is -0.763. The number of rotatable bonds is 5. The molecule has 0 radical (unpaired) electrons. The first-order chi connectivity index (χ1) is 7.73. The maximum atomic E-state index is 11.7. The average molecular weight is 245 g/mol. The molecule has 0 heterocycles. The van der Waals surface area contributed by atoms with E-state index in [1.807, 2.05) is 20.8 Å². The van der Waals surface area contributed by atoms with Crippen LogP contribution in [0, 0.1) is 5.41 Å². The van der Waals surface area contributed by atoms with E-state index < -0.39 is 18.0 Å². The molecule has 2 amide bonds. The number of hydrogen-bond acceptors (Lipinski definition) is 4. The number of carbonyl (C=O) groups excluding carboxylic acids is 2. The third kappa shape index (κ3) is 5.14. The summed E-state index contributed by atoms with van der Waals surface area (Å²) >= 11 is 0. The molecule has 0 fully saturated rings. The standard InChI is InChI=1S/C11H23N3O3/c1-11(2,3)8(10(16)13-4)14-9(15)7(12)6-17-5/h7-8H,6,12H2,1-5H3,(H,13,16)(H,14,15)/t7-,8+/m0/s1. The minimum absolute atomic E-state index is 0.121. The Bertz CT molecular complexity index is 274. The fourth-order valence-corrected chi connectivity index (χ4v) is 1.32. The van der Waals surface area contributed by atoms with Crippen LogP contribution in [0.2, 0.25) is 0 Å². The zero-order valence-electron chi connectivity index (χ0n) is 11.2. The van der Waals surface area contributed by atoms with Gasteiger partial charge in [-0.3, -0.25) is 9.59 Å². The van der Waals surface area contributed by atoms with E-state index in [0.29, 0.717) is 0 Å². The Balaban J connectivity index is 4.66. The molecule has 0 unspecified atom stereocenters. The maximum Gasteiger partial charge on any atom is 0.242 e. The van der Waals surface area contributed by atoms with Crippen LogP contribution in [0.1, 0.15) is 20.8 Å². The van der Waals surface area contributed by atoms with Gasteiger partial charge < -0.3 is 21.1 Å². The first kappa shape index (κ1) is 15.9.